The Labute approximate surface area is 143 Å². The maximum absolute atomic E-state index is 13.5. The molecule has 0 unspecified atom stereocenters. The summed E-state index contributed by atoms with van der Waals surface area (Å²) >= 11 is 0. The minimum atomic E-state index is -0.668. The molecule has 0 saturated carbocycles. The lowest BCUT2D eigenvalue weighted by Gasteiger charge is -2.08. The van der Waals surface area contributed by atoms with Crippen molar-refractivity contribution in [3.63, 3.8) is 0 Å². The van der Waals surface area contributed by atoms with Crippen molar-refractivity contribution in [2.45, 2.75) is 0 Å². The van der Waals surface area contributed by atoms with Gasteiger partial charge in [-0.15, -0.1) is 0 Å². The predicted molar refractivity (Wildman–Crippen MR) is 94.4 cm³/mol. The average molecular weight is 329 g/mol. The van der Waals surface area contributed by atoms with Gasteiger partial charge in [0, 0.05) is 11.5 Å². The Hall–Kier alpha value is -3.65. The topological polar surface area (TPSA) is 42.4 Å². The van der Waals surface area contributed by atoms with Crippen LogP contribution in [-0.2, 0) is 0 Å². The van der Waals surface area contributed by atoms with Crippen LogP contribution in [0.4, 0.5) is 10.1 Å². The molecule has 4 nitrogen and oxygen atoms in total. The zero-order chi connectivity index (χ0) is 17.4. The van der Waals surface area contributed by atoms with E-state index in [-0.39, 0.29) is 0 Å². The Morgan fingerprint density at radius 3 is 2.56 bits per heavy atom. The summed E-state index contributed by atoms with van der Waals surface area (Å²) in [6.45, 7) is 7.27. The van der Waals surface area contributed by atoms with Crippen molar-refractivity contribution in [3.05, 3.63) is 84.1 Å². The van der Waals surface area contributed by atoms with Crippen LogP contribution in [0.15, 0.2) is 66.9 Å². The summed E-state index contributed by atoms with van der Waals surface area (Å²) in [6, 6.07) is 17.6. The third kappa shape index (κ3) is 2.50. The third-order valence-electron chi connectivity index (χ3n) is 4.08. The fourth-order valence-electron chi connectivity index (χ4n) is 2.84. The molecule has 4 rings (SSSR count). The highest BCUT2D eigenvalue weighted by molar-refractivity contribution is 5.82. The first-order valence-electron chi connectivity index (χ1n) is 7.61. The van der Waals surface area contributed by atoms with Crippen LogP contribution in [0, 0.1) is 12.4 Å². The molecule has 3 aromatic carbocycles. The molecule has 0 bridgehead atoms. The fourth-order valence-corrected chi connectivity index (χ4v) is 2.84. The number of halogens is 1. The molecule has 120 valence electrons. The molecule has 0 atom stereocenters. The van der Waals surface area contributed by atoms with E-state index in [1.165, 1.54) is 12.1 Å². The molecule has 0 aliphatic carbocycles. The molecule has 0 spiro atoms. The second kappa shape index (κ2) is 5.77. The summed E-state index contributed by atoms with van der Waals surface area (Å²) in [5.41, 5.74) is 3.80. The molecule has 1 heterocycles. The predicted octanol–water partition coefficient (Wildman–Crippen LogP) is 5.09. The average Bonchev–Trinajstić information content (AvgIpc) is 3.05. The lowest BCUT2D eigenvalue weighted by Crippen LogP contribution is -1.95. The molecule has 1 aromatic heterocycles. The second-order valence-corrected chi connectivity index (χ2v) is 5.59. The van der Waals surface area contributed by atoms with E-state index in [9.17, 15) is 9.50 Å². The minimum Gasteiger partial charge on any atom is -0.505 e. The van der Waals surface area contributed by atoms with Crippen LogP contribution < -0.4 is 0 Å². The highest BCUT2D eigenvalue weighted by atomic mass is 19.1. The van der Waals surface area contributed by atoms with E-state index >= 15 is 0 Å². The van der Waals surface area contributed by atoms with Gasteiger partial charge >= 0.3 is 0 Å². The van der Waals surface area contributed by atoms with E-state index in [4.69, 9.17) is 6.57 Å². The zero-order valence-corrected chi connectivity index (χ0v) is 13.0. The van der Waals surface area contributed by atoms with Gasteiger partial charge < -0.3 is 5.11 Å². The van der Waals surface area contributed by atoms with Crippen molar-refractivity contribution < 1.29 is 9.50 Å². The van der Waals surface area contributed by atoms with E-state index in [0.717, 1.165) is 16.8 Å². The lowest BCUT2D eigenvalue weighted by atomic mass is 10.0. The van der Waals surface area contributed by atoms with Gasteiger partial charge in [0.25, 0.3) is 0 Å². The minimum absolute atomic E-state index is 0.406. The Balaban J connectivity index is 1.79. The highest BCUT2D eigenvalue weighted by Gasteiger charge is 2.10. The van der Waals surface area contributed by atoms with Crippen LogP contribution in [0.1, 0.15) is 0 Å². The Morgan fingerprint density at radius 1 is 1.04 bits per heavy atom. The summed E-state index contributed by atoms with van der Waals surface area (Å²) in [5, 5.41) is 14.5. The molecule has 0 fully saturated rings. The molecule has 0 radical (unpaired) electrons. The Kier molecular flexibility index (Phi) is 3.44. The van der Waals surface area contributed by atoms with Crippen LogP contribution in [0.25, 0.3) is 32.6 Å². The molecule has 0 aliphatic rings. The SMILES string of the molecule is [C-]#[N+]c1ccccc1-c1ccc(-n2ncc3cc(F)c(O)cc32)cc1. The number of phenols is 1. The molecule has 0 aliphatic heterocycles. The molecule has 0 amide bonds. The number of aromatic nitrogens is 2. The van der Waals surface area contributed by atoms with Crippen molar-refractivity contribution in [2.75, 3.05) is 0 Å². The summed E-state index contributed by atoms with van der Waals surface area (Å²) in [4.78, 5) is 3.55. The van der Waals surface area contributed by atoms with E-state index in [0.29, 0.717) is 16.6 Å². The standard InChI is InChI=1S/C20H12FN3O/c1-22-18-5-3-2-4-16(18)13-6-8-15(9-7-13)24-19-11-20(25)17(21)10-14(19)12-23-24/h2-12,25H. The van der Waals surface area contributed by atoms with Crippen molar-refractivity contribution in [1.82, 2.24) is 9.78 Å². The first kappa shape index (κ1) is 14.9. The zero-order valence-electron chi connectivity index (χ0n) is 13.0. The number of hydrogen-bond donors (Lipinski definition) is 1. The summed E-state index contributed by atoms with van der Waals surface area (Å²) in [7, 11) is 0. The van der Waals surface area contributed by atoms with Crippen molar-refractivity contribution in [2.24, 2.45) is 0 Å². The number of hydrogen-bond acceptors (Lipinski definition) is 2. The van der Waals surface area contributed by atoms with Gasteiger partial charge in [-0.3, -0.25) is 0 Å². The molecule has 4 aromatic rings. The van der Waals surface area contributed by atoms with Crippen molar-refractivity contribution in [3.8, 4) is 22.6 Å². The number of fused-ring (bicyclic) bond motifs is 1. The van der Waals surface area contributed by atoms with Crippen molar-refractivity contribution >= 4 is 16.6 Å². The lowest BCUT2D eigenvalue weighted by molar-refractivity contribution is 0.433. The highest BCUT2D eigenvalue weighted by Crippen LogP contribution is 2.31. The number of para-hydroxylation sites is 1. The molecular formula is C20H12FN3O. The fraction of sp³-hybridized carbons (Fsp3) is 0. The largest absolute Gasteiger partial charge is 0.505 e. The van der Waals surface area contributed by atoms with Gasteiger partial charge in [-0.2, -0.15) is 5.10 Å². The van der Waals surface area contributed by atoms with Crippen LogP contribution in [0.2, 0.25) is 0 Å². The van der Waals surface area contributed by atoms with Gasteiger partial charge in [0.15, 0.2) is 17.3 Å². The molecule has 1 N–H and O–H groups in total. The van der Waals surface area contributed by atoms with Gasteiger partial charge in [-0.05, 0) is 29.3 Å². The first-order valence-corrected chi connectivity index (χ1v) is 7.61. The maximum atomic E-state index is 13.5. The second-order valence-electron chi connectivity index (χ2n) is 5.59. The normalized spacial score (nSPS) is 10.7. The molecule has 0 saturated heterocycles. The first-order chi connectivity index (χ1) is 12.2. The van der Waals surface area contributed by atoms with Gasteiger partial charge in [0.1, 0.15) is 0 Å². The molecule has 5 heteroatoms. The quantitative estimate of drug-likeness (QED) is 0.521. The molecule has 25 heavy (non-hydrogen) atoms. The number of aromatic hydroxyl groups is 1. The van der Waals surface area contributed by atoms with Gasteiger partial charge in [0.2, 0.25) is 0 Å². The van der Waals surface area contributed by atoms with E-state index < -0.39 is 11.6 Å². The van der Waals surface area contributed by atoms with Crippen molar-refractivity contribution in [1.29, 1.82) is 0 Å². The number of benzene rings is 3. The van der Waals surface area contributed by atoms with Crippen LogP contribution >= 0.6 is 0 Å². The summed E-state index contributed by atoms with van der Waals surface area (Å²) < 4.78 is 15.1. The Morgan fingerprint density at radius 2 is 1.80 bits per heavy atom. The van der Waals surface area contributed by atoms with Gasteiger partial charge in [-0.1, -0.05) is 36.4 Å². The maximum Gasteiger partial charge on any atom is 0.194 e. The number of nitrogens with zero attached hydrogens (tertiary/aromatic N) is 3. The van der Waals surface area contributed by atoms with Gasteiger partial charge in [-0.25, -0.2) is 13.9 Å². The van der Waals surface area contributed by atoms with E-state index in [1.807, 2.05) is 42.5 Å². The Bertz CT molecular complexity index is 1120. The number of phenolic OH excluding ortho intramolecular Hbond substituents is 1. The summed E-state index contributed by atoms with van der Waals surface area (Å²) in [5.74, 6) is -1.07. The van der Waals surface area contributed by atoms with E-state index in [1.54, 1.807) is 16.9 Å². The third-order valence-corrected chi connectivity index (χ3v) is 4.08. The molecular weight excluding hydrogens is 317 g/mol. The smallest absolute Gasteiger partial charge is 0.194 e. The van der Waals surface area contributed by atoms with E-state index in [2.05, 4.69) is 9.94 Å². The number of rotatable bonds is 2. The van der Waals surface area contributed by atoms with Crippen LogP contribution in [0.5, 0.6) is 5.75 Å². The summed E-state index contributed by atoms with van der Waals surface area (Å²) in [6.07, 6.45) is 1.56. The monoisotopic (exact) mass is 329 g/mol. The van der Waals surface area contributed by atoms with Crippen LogP contribution in [0.3, 0.4) is 0 Å². The van der Waals surface area contributed by atoms with Crippen LogP contribution in [-0.4, -0.2) is 14.9 Å². The van der Waals surface area contributed by atoms with Gasteiger partial charge in [0.05, 0.1) is 24.0 Å².